The molecule has 0 radical (unpaired) electrons. The molecule has 1 unspecified atom stereocenters. The molecule has 4 rings (SSSR count). The molecule has 3 aromatic rings. The first-order valence-electron chi connectivity index (χ1n) is 8.52. The monoisotopic (exact) mass is 351 g/mol. The smallest absolute Gasteiger partial charge is 0.127 e. The quantitative estimate of drug-likeness (QED) is 0.664. The normalized spacial score (nSPS) is 18.3. The molecule has 1 aliphatic rings. The highest BCUT2D eigenvalue weighted by Crippen LogP contribution is 2.36. The van der Waals surface area contributed by atoms with Gasteiger partial charge in [0.1, 0.15) is 10.8 Å². The second-order valence-corrected chi connectivity index (χ2v) is 7.48. The molecule has 126 valence electrons. The summed E-state index contributed by atoms with van der Waals surface area (Å²) in [6, 6.07) is 15.1. The summed E-state index contributed by atoms with van der Waals surface area (Å²) in [5.74, 6) is -0.243. The summed E-state index contributed by atoms with van der Waals surface area (Å²) in [6.07, 6.45) is 3.32. The van der Waals surface area contributed by atoms with Gasteiger partial charge in [0.2, 0.25) is 0 Å². The van der Waals surface area contributed by atoms with Crippen LogP contribution in [0.15, 0.2) is 42.5 Å². The summed E-state index contributed by atoms with van der Waals surface area (Å²) >= 11 is 1.73. The van der Waals surface area contributed by atoms with Crippen molar-refractivity contribution in [3.63, 3.8) is 0 Å². The molecule has 1 aliphatic heterocycles. The first kappa shape index (κ1) is 16.2. The fourth-order valence-corrected chi connectivity index (χ4v) is 4.61. The van der Waals surface area contributed by atoms with E-state index in [9.17, 15) is 4.39 Å². The van der Waals surface area contributed by atoms with E-state index in [1.165, 1.54) is 16.8 Å². The molecule has 0 aliphatic carbocycles. The average Bonchev–Trinajstić information content (AvgIpc) is 3.08. The highest BCUT2D eigenvalue weighted by Gasteiger charge is 2.27. The maximum atomic E-state index is 14.2. The highest BCUT2D eigenvalue weighted by molar-refractivity contribution is 7.18. The Labute approximate surface area is 150 Å². The number of aromatic nitrogens is 1. The summed E-state index contributed by atoms with van der Waals surface area (Å²) in [5.41, 5.74) is 2.13. The lowest BCUT2D eigenvalue weighted by atomic mass is 10.0. The number of halogens is 1. The molecule has 0 N–H and O–H groups in total. The standard InChI is InChI=1S/C20H18FN3S/c21-16-9-8-14(12-22)11-15(16)13-24-10-4-3-6-18(24)20-23-17-5-1-2-7-19(17)25-20/h1-2,5,7-9,11,18H,3-4,6,10,13H2. The van der Waals surface area contributed by atoms with E-state index < -0.39 is 0 Å². The Bertz CT molecular complexity index is 911. The van der Waals surface area contributed by atoms with Gasteiger partial charge in [-0.05, 0) is 49.7 Å². The maximum Gasteiger partial charge on any atom is 0.127 e. The number of nitriles is 1. The van der Waals surface area contributed by atoms with Crippen molar-refractivity contribution in [3.05, 3.63) is 64.4 Å². The van der Waals surface area contributed by atoms with Gasteiger partial charge in [0, 0.05) is 12.1 Å². The molecule has 2 aromatic carbocycles. The molecule has 25 heavy (non-hydrogen) atoms. The van der Waals surface area contributed by atoms with Gasteiger partial charge in [-0.25, -0.2) is 9.37 Å². The molecule has 0 spiro atoms. The third-order valence-electron chi connectivity index (χ3n) is 4.76. The number of likely N-dealkylation sites (tertiary alicyclic amines) is 1. The van der Waals surface area contributed by atoms with Gasteiger partial charge >= 0.3 is 0 Å². The number of thiazole rings is 1. The van der Waals surface area contributed by atoms with Gasteiger partial charge in [-0.1, -0.05) is 18.6 Å². The number of hydrogen-bond donors (Lipinski definition) is 0. The van der Waals surface area contributed by atoms with Gasteiger partial charge in [-0.2, -0.15) is 5.26 Å². The minimum atomic E-state index is -0.243. The molecule has 1 saturated heterocycles. The molecular weight excluding hydrogens is 333 g/mol. The van der Waals surface area contributed by atoms with Crippen molar-refractivity contribution in [3.8, 4) is 6.07 Å². The summed E-state index contributed by atoms with van der Waals surface area (Å²) in [4.78, 5) is 7.12. The number of piperidine rings is 1. The maximum absolute atomic E-state index is 14.2. The zero-order valence-corrected chi connectivity index (χ0v) is 14.6. The van der Waals surface area contributed by atoms with Crippen LogP contribution >= 0.6 is 11.3 Å². The lowest BCUT2D eigenvalue weighted by molar-refractivity contribution is 0.138. The van der Waals surface area contributed by atoms with Crippen LogP contribution < -0.4 is 0 Å². The number of rotatable bonds is 3. The van der Waals surface area contributed by atoms with E-state index >= 15 is 0 Å². The number of fused-ring (bicyclic) bond motifs is 1. The fraction of sp³-hybridized carbons (Fsp3) is 0.300. The van der Waals surface area contributed by atoms with E-state index in [2.05, 4.69) is 17.0 Å². The third kappa shape index (κ3) is 3.28. The van der Waals surface area contributed by atoms with Crippen LogP contribution in [0.25, 0.3) is 10.2 Å². The van der Waals surface area contributed by atoms with Crippen molar-refractivity contribution in [1.29, 1.82) is 5.26 Å². The van der Waals surface area contributed by atoms with E-state index in [0.29, 0.717) is 17.7 Å². The van der Waals surface area contributed by atoms with Crippen LogP contribution in [-0.2, 0) is 6.54 Å². The molecule has 0 saturated carbocycles. The van der Waals surface area contributed by atoms with Gasteiger partial charge in [-0.15, -0.1) is 11.3 Å². The summed E-state index contributed by atoms with van der Waals surface area (Å²) in [6.45, 7) is 1.44. The van der Waals surface area contributed by atoms with Crippen LogP contribution in [0.1, 0.15) is 41.4 Å². The van der Waals surface area contributed by atoms with Gasteiger partial charge < -0.3 is 0 Å². The van der Waals surface area contributed by atoms with Crippen LogP contribution in [0.4, 0.5) is 4.39 Å². The van der Waals surface area contributed by atoms with Crippen LogP contribution in [0, 0.1) is 17.1 Å². The number of para-hydroxylation sites is 1. The Morgan fingerprint density at radius 1 is 1.24 bits per heavy atom. The van der Waals surface area contributed by atoms with E-state index in [4.69, 9.17) is 10.2 Å². The second kappa shape index (κ2) is 6.91. The van der Waals surface area contributed by atoms with Crippen molar-refractivity contribution in [2.45, 2.75) is 31.8 Å². The van der Waals surface area contributed by atoms with Crippen LogP contribution in [0.5, 0.6) is 0 Å². The van der Waals surface area contributed by atoms with Crippen molar-refractivity contribution in [2.24, 2.45) is 0 Å². The third-order valence-corrected chi connectivity index (χ3v) is 5.90. The molecule has 5 heteroatoms. The van der Waals surface area contributed by atoms with E-state index in [-0.39, 0.29) is 11.9 Å². The minimum absolute atomic E-state index is 0.219. The van der Waals surface area contributed by atoms with Crippen LogP contribution in [0.3, 0.4) is 0 Å². The zero-order chi connectivity index (χ0) is 17.2. The predicted octanol–water partition coefficient (Wildman–Crippen LogP) is 5.03. The Kier molecular flexibility index (Phi) is 4.48. The fourth-order valence-electron chi connectivity index (χ4n) is 3.48. The van der Waals surface area contributed by atoms with Crippen molar-refractivity contribution >= 4 is 21.6 Å². The van der Waals surface area contributed by atoms with Crippen LogP contribution in [0.2, 0.25) is 0 Å². The Hall–Kier alpha value is -2.29. The minimum Gasteiger partial charge on any atom is -0.290 e. The van der Waals surface area contributed by atoms with E-state index in [1.54, 1.807) is 17.4 Å². The van der Waals surface area contributed by atoms with E-state index in [0.717, 1.165) is 36.3 Å². The highest BCUT2D eigenvalue weighted by atomic mass is 32.1. The second-order valence-electron chi connectivity index (χ2n) is 6.42. The average molecular weight is 351 g/mol. The van der Waals surface area contributed by atoms with E-state index in [1.807, 2.05) is 18.2 Å². The Balaban J connectivity index is 1.64. The molecule has 3 nitrogen and oxygen atoms in total. The van der Waals surface area contributed by atoms with Gasteiger partial charge in [0.05, 0.1) is 27.9 Å². The number of benzene rings is 2. The SMILES string of the molecule is N#Cc1ccc(F)c(CN2CCCCC2c2nc3ccccc3s2)c1. The molecular formula is C20H18FN3S. The molecule has 2 heterocycles. The molecule has 1 aromatic heterocycles. The summed E-state index contributed by atoms with van der Waals surface area (Å²) in [7, 11) is 0. The van der Waals surface area contributed by atoms with Crippen molar-refractivity contribution in [2.75, 3.05) is 6.54 Å². The number of nitrogens with zero attached hydrogens (tertiary/aromatic N) is 3. The molecule has 0 amide bonds. The van der Waals surface area contributed by atoms with Gasteiger partial charge in [-0.3, -0.25) is 4.90 Å². The summed E-state index contributed by atoms with van der Waals surface area (Å²) in [5, 5.41) is 10.2. The Morgan fingerprint density at radius 3 is 2.96 bits per heavy atom. The lowest BCUT2D eigenvalue weighted by Crippen LogP contribution is -2.33. The van der Waals surface area contributed by atoms with Crippen molar-refractivity contribution in [1.82, 2.24) is 9.88 Å². The first-order chi connectivity index (χ1) is 12.2. The topological polar surface area (TPSA) is 39.9 Å². The Morgan fingerprint density at radius 2 is 2.12 bits per heavy atom. The van der Waals surface area contributed by atoms with Crippen molar-refractivity contribution < 1.29 is 4.39 Å². The summed E-state index contributed by atoms with van der Waals surface area (Å²) < 4.78 is 15.4. The molecule has 1 atom stereocenters. The first-order valence-corrected chi connectivity index (χ1v) is 9.34. The number of hydrogen-bond acceptors (Lipinski definition) is 4. The molecule has 1 fully saturated rings. The lowest BCUT2D eigenvalue weighted by Gasteiger charge is -2.34. The molecule has 0 bridgehead atoms. The van der Waals surface area contributed by atoms with Gasteiger partial charge in [0.25, 0.3) is 0 Å². The largest absolute Gasteiger partial charge is 0.290 e. The van der Waals surface area contributed by atoms with Gasteiger partial charge in [0.15, 0.2) is 0 Å². The predicted molar refractivity (Wildman–Crippen MR) is 97.7 cm³/mol. The van der Waals surface area contributed by atoms with Crippen LogP contribution in [-0.4, -0.2) is 16.4 Å². The zero-order valence-electron chi connectivity index (χ0n) is 13.8.